The Kier molecular flexibility index (Phi) is 4.01. The second kappa shape index (κ2) is 6.10. The fourth-order valence-electron chi connectivity index (χ4n) is 2.40. The molecular weight excluding hydrogens is 288 g/mol. The normalized spacial score (nSPS) is 15.1. The lowest BCUT2D eigenvalue weighted by Gasteiger charge is -2.35. The van der Waals surface area contributed by atoms with E-state index in [4.69, 9.17) is 11.6 Å². The molecule has 0 unspecified atom stereocenters. The van der Waals surface area contributed by atoms with Gasteiger partial charge < -0.3 is 9.80 Å². The summed E-state index contributed by atoms with van der Waals surface area (Å²) < 4.78 is 0. The number of aromatic nitrogens is 2. The number of halogens is 1. The molecule has 0 aliphatic carbocycles. The predicted octanol–water partition coefficient (Wildman–Crippen LogP) is 2.09. The second-order valence-electron chi connectivity index (χ2n) is 4.87. The van der Waals surface area contributed by atoms with E-state index in [1.54, 1.807) is 30.5 Å². The van der Waals surface area contributed by atoms with Crippen molar-refractivity contribution in [1.29, 1.82) is 0 Å². The molecule has 6 heteroatoms. The van der Waals surface area contributed by atoms with Crippen LogP contribution in [-0.4, -0.2) is 47.2 Å². The number of rotatable bonds is 2. The van der Waals surface area contributed by atoms with Gasteiger partial charge in [0.15, 0.2) is 5.82 Å². The minimum Gasteiger partial charge on any atom is -0.352 e. The number of hydrogen-bond acceptors (Lipinski definition) is 4. The molecule has 1 fully saturated rings. The van der Waals surface area contributed by atoms with E-state index in [1.807, 2.05) is 17.0 Å². The number of nitrogens with zero attached hydrogens (tertiary/aromatic N) is 4. The molecule has 21 heavy (non-hydrogen) atoms. The molecule has 3 rings (SSSR count). The van der Waals surface area contributed by atoms with E-state index >= 15 is 0 Å². The lowest BCUT2D eigenvalue weighted by molar-refractivity contribution is 0.0746. The smallest absolute Gasteiger partial charge is 0.254 e. The van der Waals surface area contributed by atoms with Gasteiger partial charge in [-0.15, -0.1) is 5.10 Å². The van der Waals surface area contributed by atoms with Gasteiger partial charge in [0.2, 0.25) is 0 Å². The average Bonchev–Trinajstić information content (AvgIpc) is 2.55. The third kappa shape index (κ3) is 3.13. The first-order valence-corrected chi connectivity index (χ1v) is 7.19. The number of hydrogen-bond donors (Lipinski definition) is 0. The number of benzene rings is 1. The Morgan fingerprint density at radius 1 is 1.10 bits per heavy atom. The summed E-state index contributed by atoms with van der Waals surface area (Å²) in [5.74, 6) is 0.878. The largest absolute Gasteiger partial charge is 0.352 e. The SMILES string of the molecule is O=C(c1cccc(Cl)c1)N1CCN(c2cccnn2)CC1. The van der Waals surface area contributed by atoms with E-state index in [9.17, 15) is 4.79 Å². The van der Waals surface area contributed by atoms with Gasteiger partial charge in [0.25, 0.3) is 5.91 Å². The average molecular weight is 303 g/mol. The molecule has 2 heterocycles. The third-order valence-corrected chi connectivity index (χ3v) is 3.76. The van der Waals surface area contributed by atoms with Gasteiger partial charge in [-0.3, -0.25) is 4.79 Å². The summed E-state index contributed by atoms with van der Waals surface area (Å²) in [5.41, 5.74) is 0.635. The van der Waals surface area contributed by atoms with Crippen molar-refractivity contribution in [2.24, 2.45) is 0 Å². The van der Waals surface area contributed by atoms with Gasteiger partial charge in [0.1, 0.15) is 0 Å². The molecule has 1 aromatic carbocycles. The standard InChI is InChI=1S/C15H15ClN4O/c16-13-4-1-3-12(11-13)15(21)20-9-7-19(8-10-20)14-5-2-6-17-18-14/h1-6,11H,7-10H2. The van der Waals surface area contributed by atoms with Crippen molar-refractivity contribution in [3.8, 4) is 0 Å². The van der Waals surface area contributed by atoms with Crippen LogP contribution in [0.15, 0.2) is 42.6 Å². The van der Waals surface area contributed by atoms with Gasteiger partial charge >= 0.3 is 0 Å². The first-order chi connectivity index (χ1) is 10.2. The van der Waals surface area contributed by atoms with Gasteiger partial charge in [-0.2, -0.15) is 5.10 Å². The molecule has 0 atom stereocenters. The summed E-state index contributed by atoms with van der Waals surface area (Å²) in [6.07, 6.45) is 1.66. The van der Waals surface area contributed by atoms with Crippen molar-refractivity contribution in [2.45, 2.75) is 0 Å². The highest BCUT2D eigenvalue weighted by Crippen LogP contribution is 2.16. The number of piperazine rings is 1. The first kappa shape index (κ1) is 13.8. The van der Waals surface area contributed by atoms with Crippen molar-refractivity contribution in [1.82, 2.24) is 15.1 Å². The molecule has 1 aliphatic heterocycles. The van der Waals surface area contributed by atoms with Crippen LogP contribution < -0.4 is 4.90 Å². The van der Waals surface area contributed by atoms with Crippen molar-refractivity contribution in [3.63, 3.8) is 0 Å². The van der Waals surface area contributed by atoms with Crippen LogP contribution in [0.5, 0.6) is 0 Å². The Morgan fingerprint density at radius 3 is 2.57 bits per heavy atom. The summed E-state index contributed by atoms with van der Waals surface area (Å²) in [6, 6.07) is 10.9. The monoisotopic (exact) mass is 302 g/mol. The minimum atomic E-state index is 0.0243. The maximum absolute atomic E-state index is 12.4. The lowest BCUT2D eigenvalue weighted by Crippen LogP contribution is -2.49. The number of carbonyl (C=O) groups excluding carboxylic acids is 1. The Hall–Kier alpha value is -2.14. The molecule has 2 aromatic rings. The van der Waals surface area contributed by atoms with Crippen LogP contribution in [0.2, 0.25) is 5.02 Å². The zero-order valence-corrected chi connectivity index (χ0v) is 12.2. The third-order valence-electron chi connectivity index (χ3n) is 3.52. The van der Waals surface area contributed by atoms with E-state index in [-0.39, 0.29) is 5.91 Å². The van der Waals surface area contributed by atoms with Crippen LogP contribution in [0.1, 0.15) is 10.4 Å². The predicted molar refractivity (Wildman–Crippen MR) is 81.6 cm³/mol. The molecular formula is C15H15ClN4O. The zero-order valence-electron chi connectivity index (χ0n) is 11.4. The second-order valence-corrected chi connectivity index (χ2v) is 5.31. The van der Waals surface area contributed by atoms with Crippen LogP contribution in [0.3, 0.4) is 0 Å². The van der Waals surface area contributed by atoms with Gasteiger partial charge in [-0.05, 0) is 30.3 Å². The van der Waals surface area contributed by atoms with Crippen molar-refractivity contribution < 1.29 is 4.79 Å². The number of carbonyl (C=O) groups is 1. The van der Waals surface area contributed by atoms with Crippen molar-refractivity contribution >= 4 is 23.3 Å². The quantitative estimate of drug-likeness (QED) is 0.852. The molecule has 1 aromatic heterocycles. The topological polar surface area (TPSA) is 49.3 Å². The molecule has 108 valence electrons. The molecule has 1 saturated heterocycles. The fourth-order valence-corrected chi connectivity index (χ4v) is 2.60. The maximum Gasteiger partial charge on any atom is 0.254 e. The summed E-state index contributed by atoms with van der Waals surface area (Å²) in [7, 11) is 0. The van der Waals surface area contributed by atoms with E-state index < -0.39 is 0 Å². The van der Waals surface area contributed by atoms with Gasteiger partial charge in [0, 0.05) is 43.0 Å². The highest BCUT2D eigenvalue weighted by molar-refractivity contribution is 6.30. The Labute approximate surface area is 128 Å². The molecule has 0 saturated carbocycles. The van der Waals surface area contributed by atoms with Crippen LogP contribution in [0, 0.1) is 0 Å². The molecule has 1 amide bonds. The summed E-state index contributed by atoms with van der Waals surface area (Å²) in [6.45, 7) is 2.85. The number of anilines is 1. The Morgan fingerprint density at radius 2 is 1.90 bits per heavy atom. The van der Waals surface area contributed by atoms with E-state index in [2.05, 4.69) is 15.1 Å². The summed E-state index contributed by atoms with van der Waals surface area (Å²) in [4.78, 5) is 16.4. The van der Waals surface area contributed by atoms with E-state index in [0.29, 0.717) is 23.7 Å². The molecule has 0 radical (unpaired) electrons. The molecule has 0 bridgehead atoms. The fraction of sp³-hybridized carbons (Fsp3) is 0.267. The van der Waals surface area contributed by atoms with Crippen LogP contribution in [0.25, 0.3) is 0 Å². The molecule has 0 N–H and O–H groups in total. The summed E-state index contributed by atoms with van der Waals surface area (Å²) in [5, 5.41) is 8.56. The maximum atomic E-state index is 12.4. The zero-order chi connectivity index (χ0) is 14.7. The van der Waals surface area contributed by atoms with Crippen LogP contribution in [0.4, 0.5) is 5.82 Å². The van der Waals surface area contributed by atoms with Crippen LogP contribution >= 0.6 is 11.6 Å². The van der Waals surface area contributed by atoms with Crippen molar-refractivity contribution in [3.05, 3.63) is 53.2 Å². The molecule has 0 spiro atoms. The Balaban J connectivity index is 1.64. The lowest BCUT2D eigenvalue weighted by atomic mass is 10.2. The van der Waals surface area contributed by atoms with Gasteiger partial charge in [-0.25, -0.2) is 0 Å². The van der Waals surface area contributed by atoms with Gasteiger partial charge in [0.05, 0.1) is 0 Å². The minimum absolute atomic E-state index is 0.0243. The summed E-state index contributed by atoms with van der Waals surface area (Å²) >= 11 is 5.94. The molecule has 5 nitrogen and oxygen atoms in total. The highest BCUT2D eigenvalue weighted by Gasteiger charge is 2.22. The Bertz CT molecular complexity index is 627. The molecule has 1 aliphatic rings. The number of amides is 1. The van der Waals surface area contributed by atoms with Gasteiger partial charge in [-0.1, -0.05) is 17.7 Å². The first-order valence-electron chi connectivity index (χ1n) is 6.81. The van der Waals surface area contributed by atoms with Crippen LogP contribution in [-0.2, 0) is 0 Å². The van der Waals surface area contributed by atoms with E-state index in [1.165, 1.54) is 0 Å². The van der Waals surface area contributed by atoms with E-state index in [0.717, 1.165) is 18.9 Å². The highest BCUT2D eigenvalue weighted by atomic mass is 35.5. The van der Waals surface area contributed by atoms with Crippen molar-refractivity contribution in [2.75, 3.05) is 31.1 Å².